The summed E-state index contributed by atoms with van der Waals surface area (Å²) in [6.07, 6.45) is 15.9. The Hall–Kier alpha value is -2.33. The minimum absolute atomic E-state index is 0.302. The molecular weight excluding hydrogens is 398 g/mol. The van der Waals surface area contributed by atoms with Gasteiger partial charge >= 0.3 is 5.97 Å². The lowest BCUT2D eigenvalue weighted by molar-refractivity contribution is 0.0696. The van der Waals surface area contributed by atoms with E-state index in [0.29, 0.717) is 18.7 Å². The van der Waals surface area contributed by atoms with E-state index in [9.17, 15) is 9.90 Å². The van der Waals surface area contributed by atoms with Crippen LogP contribution in [0.1, 0.15) is 99.9 Å². The Bertz CT molecular complexity index is 747. The number of para-hydroxylation sites is 1. The lowest BCUT2D eigenvalue weighted by Gasteiger charge is -2.24. The first-order chi connectivity index (χ1) is 15.7. The molecule has 4 heteroatoms. The van der Waals surface area contributed by atoms with Gasteiger partial charge in [0.25, 0.3) is 0 Å². The van der Waals surface area contributed by atoms with Gasteiger partial charge in [0, 0.05) is 0 Å². The maximum Gasteiger partial charge on any atom is 0.335 e. The summed E-state index contributed by atoms with van der Waals surface area (Å²) in [6.45, 7) is 3.46. The summed E-state index contributed by atoms with van der Waals surface area (Å²) >= 11 is 0. The summed E-state index contributed by atoms with van der Waals surface area (Å²) in [4.78, 5) is 17.4. The average molecular weight is 440 g/mol. The van der Waals surface area contributed by atoms with Gasteiger partial charge in [-0.15, -0.1) is 0 Å². The summed E-state index contributed by atoms with van der Waals surface area (Å²) in [5.41, 5.74) is 2.20. The second kappa shape index (κ2) is 16.3. The highest BCUT2D eigenvalue weighted by atomic mass is 16.7. The van der Waals surface area contributed by atoms with Crippen LogP contribution in [0.5, 0.6) is 0 Å². The number of anilines is 1. The Labute approximate surface area is 194 Å². The van der Waals surface area contributed by atoms with Crippen LogP contribution in [0, 0.1) is 0 Å². The van der Waals surface area contributed by atoms with E-state index < -0.39 is 5.97 Å². The number of hydrogen-bond donors (Lipinski definition) is 1. The molecule has 0 spiro atoms. The fourth-order valence-corrected chi connectivity index (χ4v) is 3.89. The Balaban J connectivity index is 1.66. The SMILES string of the molecule is CCCCCCCCCCCCCCON(Cc1cccc(C(=O)O)c1)c1ccccc1. The molecule has 1 N–H and O–H groups in total. The molecule has 0 aliphatic heterocycles. The highest BCUT2D eigenvalue weighted by Gasteiger charge is 2.10. The molecule has 0 aromatic heterocycles. The van der Waals surface area contributed by atoms with Crippen molar-refractivity contribution in [3.63, 3.8) is 0 Å². The van der Waals surface area contributed by atoms with Crippen molar-refractivity contribution in [2.45, 2.75) is 90.5 Å². The van der Waals surface area contributed by atoms with Gasteiger partial charge in [0.05, 0.1) is 24.4 Å². The Kier molecular flexibility index (Phi) is 13.2. The zero-order valence-electron chi connectivity index (χ0n) is 19.8. The average Bonchev–Trinajstić information content (AvgIpc) is 2.82. The molecule has 176 valence electrons. The molecular formula is C28H41NO3. The van der Waals surface area contributed by atoms with Gasteiger partial charge in [-0.3, -0.25) is 4.84 Å². The molecule has 0 heterocycles. The molecule has 0 bridgehead atoms. The molecule has 32 heavy (non-hydrogen) atoms. The first-order valence-electron chi connectivity index (χ1n) is 12.5. The zero-order chi connectivity index (χ0) is 22.9. The summed E-state index contributed by atoms with van der Waals surface area (Å²) in [7, 11) is 0. The van der Waals surface area contributed by atoms with Crippen molar-refractivity contribution in [3.8, 4) is 0 Å². The molecule has 0 atom stereocenters. The largest absolute Gasteiger partial charge is 0.478 e. The number of aromatic carboxylic acids is 1. The standard InChI is InChI=1S/C28H41NO3/c1-2-3-4-5-6-7-8-9-10-11-12-16-22-32-29(27-20-14-13-15-21-27)24-25-18-17-19-26(23-25)28(30)31/h13-15,17-21,23H,2-12,16,22,24H2,1H3,(H,30,31). The van der Waals surface area contributed by atoms with Crippen LogP contribution in [0.2, 0.25) is 0 Å². The van der Waals surface area contributed by atoms with E-state index >= 15 is 0 Å². The van der Waals surface area contributed by atoms with Gasteiger partial charge in [0.15, 0.2) is 0 Å². The molecule has 0 aliphatic carbocycles. The van der Waals surface area contributed by atoms with Crippen molar-refractivity contribution >= 4 is 11.7 Å². The molecule has 2 aromatic carbocycles. The van der Waals surface area contributed by atoms with Gasteiger partial charge in [-0.25, -0.2) is 9.86 Å². The number of carboxylic acids is 1. The van der Waals surface area contributed by atoms with Gasteiger partial charge in [-0.05, 0) is 36.2 Å². The quantitative estimate of drug-likeness (QED) is 0.189. The zero-order valence-corrected chi connectivity index (χ0v) is 19.8. The molecule has 0 aliphatic rings. The number of unbranched alkanes of at least 4 members (excludes halogenated alkanes) is 11. The summed E-state index contributed by atoms with van der Waals surface area (Å²) in [5, 5.41) is 11.1. The van der Waals surface area contributed by atoms with E-state index in [1.807, 2.05) is 41.5 Å². The van der Waals surface area contributed by atoms with Crippen molar-refractivity contribution in [3.05, 3.63) is 65.7 Å². The van der Waals surface area contributed by atoms with E-state index in [2.05, 4.69) is 6.92 Å². The van der Waals surface area contributed by atoms with Crippen molar-refractivity contribution < 1.29 is 14.7 Å². The molecule has 0 radical (unpaired) electrons. The Morgan fingerprint density at radius 2 is 1.38 bits per heavy atom. The summed E-state index contributed by atoms with van der Waals surface area (Å²) < 4.78 is 0. The summed E-state index contributed by atoms with van der Waals surface area (Å²) in [5.74, 6) is -0.907. The van der Waals surface area contributed by atoms with Crippen LogP contribution >= 0.6 is 0 Å². The van der Waals surface area contributed by atoms with Gasteiger partial charge in [-0.2, -0.15) is 0 Å². The number of hydroxylamine groups is 1. The Morgan fingerprint density at radius 3 is 1.97 bits per heavy atom. The molecule has 0 saturated carbocycles. The molecule has 4 nitrogen and oxygen atoms in total. The minimum atomic E-state index is -0.907. The monoisotopic (exact) mass is 439 g/mol. The van der Waals surface area contributed by atoms with E-state index in [-0.39, 0.29) is 0 Å². The van der Waals surface area contributed by atoms with Crippen molar-refractivity contribution in [1.29, 1.82) is 0 Å². The highest BCUT2D eigenvalue weighted by molar-refractivity contribution is 5.87. The van der Waals surface area contributed by atoms with Crippen LogP contribution in [0.4, 0.5) is 5.69 Å². The van der Waals surface area contributed by atoms with E-state index in [1.165, 1.54) is 70.6 Å². The molecule has 0 amide bonds. The third kappa shape index (κ3) is 10.8. The molecule has 2 rings (SSSR count). The number of rotatable bonds is 18. The van der Waals surface area contributed by atoms with Gasteiger partial charge in [-0.1, -0.05) is 108 Å². The number of nitrogens with zero attached hydrogens (tertiary/aromatic N) is 1. The Morgan fingerprint density at radius 1 is 0.781 bits per heavy atom. The van der Waals surface area contributed by atoms with E-state index in [1.54, 1.807) is 18.2 Å². The minimum Gasteiger partial charge on any atom is -0.478 e. The fraction of sp³-hybridized carbons (Fsp3) is 0.536. The van der Waals surface area contributed by atoms with E-state index in [4.69, 9.17) is 4.84 Å². The second-order valence-corrected chi connectivity index (χ2v) is 8.60. The predicted molar refractivity (Wildman–Crippen MR) is 133 cm³/mol. The predicted octanol–water partition coefficient (Wildman–Crippen LogP) is 8.02. The van der Waals surface area contributed by atoms with E-state index in [0.717, 1.165) is 17.7 Å². The van der Waals surface area contributed by atoms with Gasteiger partial charge in [0.2, 0.25) is 0 Å². The number of carboxylic acid groups (broad SMARTS) is 1. The maximum atomic E-state index is 11.3. The van der Waals surface area contributed by atoms with Crippen molar-refractivity contribution in [2.75, 3.05) is 11.7 Å². The second-order valence-electron chi connectivity index (χ2n) is 8.60. The van der Waals surface area contributed by atoms with Gasteiger partial charge < -0.3 is 5.11 Å². The molecule has 0 fully saturated rings. The number of carbonyl (C=O) groups is 1. The first-order valence-corrected chi connectivity index (χ1v) is 12.5. The third-order valence-electron chi connectivity index (χ3n) is 5.79. The maximum absolute atomic E-state index is 11.3. The van der Waals surface area contributed by atoms with Gasteiger partial charge in [0.1, 0.15) is 0 Å². The smallest absolute Gasteiger partial charge is 0.335 e. The van der Waals surface area contributed by atoms with Crippen molar-refractivity contribution in [2.24, 2.45) is 0 Å². The molecule has 2 aromatic rings. The lowest BCUT2D eigenvalue weighted by atomic mass is 10.1. The number of benzene rings is 2. The van der Waals surface area contributed by atoms with Crippen LogP contribution in [-0.4, -0.2) is 17.7 Å². The fourth-order valence-electron chi connectivity index (χ4n) is 3.89. The van der Waals surface area contributed by atoms with Crippen LogP contribution < -0.4 is 5.06 Å². The topological polar surface area (TPSA) is 49.8 Å². The normalized spacial score (nSPS) is 10.9. The van der Waals surface area contributed by atoms with Crippen LogP contribution in [-0.2, 0) is 11.4 Å². The number of hydrogen-bond acceptors (Lipinski definition) is 3. The molecule has 0 saturated heterocycles. The lowest BCUT2D eigenvalue weighted by Crippen LogP contribution is -2.23. The van der Waals surface area contributed by atoms with Crippen molar-refractivity contribution in [1.82, 2.24) is 0 Å². The van der Waals surface area contributed by atoms with Crippen LogP contribution in [0.25, 0.3) is 0 Å². The third-order valence-corrected chi connectivity index (χ3v) is 5.79. The first kappa shape index (κ1) is 25.9. The summed E-state index contributed by atoms with van der Waals surface area (Å²) in [6, 6.07) is 17.1. The highest BCUT2D eigenvalue weighted by Crippen LogP contribution is 2.19. The molecule has 0 unspecified atom stereocenters. The van der Waals surface area contributed by atoms with Crippen LogP contribution in [0.15, 0.2) is 54.6 Å². The van der Waals surface area contributed by atoms with Crippen LogP contribution in [0.3, 0.4) is 0 Å².